The predicted molar refractivity (Wildman–Crippen MR) is 133 cm³/mol. The normalized spacial score (nSPS) is 14.0. The Hall–Kier alpha value is -3.52. The molecule has 4 atom stereocenters. The van der Waals surface area contributed by atoms with Crippen molar-refractivity contribution < 1.29 is 29.4 Å². The van der Waals surface area contributed by atoms with Crippen molar-refractivity contribution in [3.8, 4) is 5.75 Å². The van der Waals surface area contributed by atoms with Gasteiger partial charge in [-0.2, -0.15) is 12.6 Å². The first-order valence-corrected chi connectivity index (χ1v) is 11.4. The molecule has 0 saturated heterocycles. The number of carbonyl (C=O) groups excluding carboxylic acids is 3. The van der Waals surface area contributed by atoms with Crippen molar-refractivity contribution in [3.63, 3.8) is 0 Å². The number of aliphatic carboxylic acids is 1. The van der Waals surface area contributed by atoms with Crippen LogP contribution in [0.2, 0.25) is 0 Å². The van der Waals surface area contributed by atoms with E-state index in [0.717, 1.165) is 0 Å². The highest BCUT2D eigenvalue weighted by Gasteiger charge is 2.29. The molecular weight excluding hydrogens is 478 g/mol. The third-order valence-corrected chi connectivity index (χ3v) is 5.24. The summed E-state index contributed by atoms with van der Waals surface area (Å²) in [5.41, 5.74) is 16.9. The molecule has 0 radical (unpaired) electrons. The molecule has 14 heteroatoms. The fourth-order valence-electron chi connectivity index (χ4n) is 2.86. The van der Waals surface area contributed by atoms with E-state index in [1.165, 1.54) is 19.1 Å². The van der Waals surface area contributed by atoms with E-state index in [0.29, 0.717) is 12.0 Å². The van der Waals surface area contributed by atoms with Crippen molar-refractivity contribution in [2.75, 3.05) is 12.3 Å². The van der Waals surface area contributed by atoms with Crippen LogP contribution in [0.3, 0.4) is 0 Å². The average molecular weight is 512 g/mol. The Bertz CT molecular complexity index is 908. The minimum absolute atomic E-state index is 0.00495. The van der Waals surface area contributed by atoms with Gasteiger partial charge in [-0.25, -0.2) is 0 Å². The second-order valence-corrected chi connectivity index (χ2v) is 8.16. The Morgan fingerprint density at radius 1 is 1.00 bits per heavy atom. The lowest BCUT2D eigenvalue weighted by atomic mass is 10.0. The number of carboxylic acids is 1. The first-order chi connectivity index (χ1) is 16.4. The number of nitrogens with two attached hydrogens (primary N) is 3. The second-order valence-electron chi connectivity index (χ2n) is 7.80. The number of carboxylic acid groups (broad SMARTS) is 1. The van der Waals surface area contributed by atoms with E-state index in [2.05, 4.69) is 33.6 Å². The van der Waals surface area contributed by atoms with E-state index in [9.17, 15) is 24.3 Å². The van der Waals surface area contributed by atoms with Gasteiger partial charge in [0.1, 0.15) is 23.9 Å². The first-order valence-electron chi connectivity index (χ1n) is 10.8. The van der Waals surface area contributed by atoms with E-state index >= 15 is 0 Å². The van der Waals surface area contributed by atoms with E-state index in [-0.39, 0.29) is 36.8 Å². The van der Waals surface area contributed by atoms with Crippen LogP contribution in [-0.4, -0.2) is 76.3 Å². The third-order valence-electron chi connectivity index (χ3n) is 4.85. The number of phenols is 1. The summed E-state index contributed by atoms with van der Waals surface area (Å²) in [7, 11) is 0. The minimum atomic E-state index is -1.25. The Balaban J connectivity index is 3.08. The summed E-state index contributed by atoms with van der Waals surface area (Å²) < 4.78 is 0. The van der Waals surface area contributed by atoms with Gasteiger partial charge in [0.05, 0.1) is 6.04 Å². The number of carbonyl (C=O) groups is 4. The number of rotatable bonds is 14. The second kappa shape index (κ2) is 14.7. The Kier molecular flexibility index (Phi) is 12.4. The summed E-state index contributed by atoms with van der Waals surface area (Å²) in [6, 6.07) is 1.53. The van der Waals surface area contributed by atoms with Crippen molar-refractivity contribution in [3.05, 3.63) is 29.8 Å². The summed E-state index contributed by atoms with van der Waals surface area (Å²) in [5.74, 6) is -3.34. The van der Waals surface area contributed by atoms with Gasteiger partial charge in [0.15, 0.2) is 5.96 Å². The molecule has 194 valence electrons. The first kappa shape index (κ1) is 29.5. The predicted octanol–water partition coefficient (Wildman–Crippen LogP) is -2.20. The Morgan fingerprint density at radius 3 is 2.11 bits per heavy atom. The Labute approximate surface area is 208 Å². The van der Waals surface area contributed by atoms with Crippen LogP contribution in [0.4, 0.5) is 0 Å². The molecule has 0 spiro atoms. The molecule has 0 aliphatic rings. The van der Waals surface area contributed by atoms with Crippen molar-refractivity contribution >= 4 is 42.3 Å². The summed E-state index contributed by atoms with van der Waals surface area (Å²) >= 11 is 3.98. The number of benzene rings is 1. The van der Waals surface area contributed by atoms with Crippen LogP contribution in [0.15, 0.2) is 29.3 Å². The summed E-state index contributed by atoms with van der Waals surface area (Å²) in [5, 5.41) is 26.0. The summed E-state index contributed by atoms with van der Waals surface area (Å²) in [4.78, 5) is 53.2. The maximum atomic E-state index is 13.1. The maximum Gasteiger partial charge on any atom is 0.325 e. The van der Waals surface area contributed by atoms with Crippen LogP contribution in [0, 0.1) is 0 Å². The summed E-state index contributed by atoms with van der Waals surface area (Å²) in [6.07, 6.45) is 0.457. The number of hydrogen-bond acceptors (Lipinski definition) is 8. The van der Waals surface area contributed by atoms with E-state index in [1.54, 1.807) is 12.1 Å². The molecule has 11 N–H and O–H groups in total. The highest BCUT2D eigenvalue weighted by Crippen LogP contribution is 2.12. The fourth-order valence-corrected chi connectivity index (χ4v) is 3.02. The highest BCUT2D eigenvalue weighted by molar-refractivity contribution is 7.80. The molecule has 0 aliphatic carbocycles. The number of thiol groups is 1. The van der Waals surface area contributed by atoms with Gasteiger partial charge in [0.25, 0.3) is 0 Å². The molecule has 3 amide bonds. The molecule has 0 fully saturated rings. The molecule has 0 saturated carbocycles. The molecule has 0 heterocycles. The minimum Gasteiger partial charge on any atom is -0.508 e. The quantitative estimate of drug-likeness (QED) is 0.0569. The van der Waals surface area contributed by atoms with Crippen molar-refractivity contribution in [2.24, 2.45) is 22.2 Å². The van der Waals surface area contributed by atoms with Crippen LogP contribution >= 0.6 is 12.6 Å². The fraction of sp³-hybridized carbons (Fsp3) is 0.476. The van der Waals surface area contributed by atoms with Crippen LogP contribution in [0.1, 0.15) is 25.3 Å². The van der Waals surface area contributed by atoms with Gasteiger partial charge in [0, 0.05) is 18.7 Å². The zero-order chi connectivity index (χ0) is 26.5. The monoisotopic (exact) mass is 511 g/mol. The number of guanidine groups is 1. The molecule has 0 aliphatic heterocycles. The molecule has 1 aromatic rings. The zero-order valence-electron chi connectivity index (χ0n) is 19.3. The van der Waals surface area contributed by atoms with Gasteiger partial charge in [-0.1, -0.05) is 12.1 Å². The summed E-state index contributed by atoms with van der Waals surface area (Å²) in [6.45, 7) is 1.49. The lowest BCUT2D eigenvalue weighted by molar-refractivity contribution is -0.141. The number of amides is 3. The van der Waals surface area contributed by atoms with Crippen LogP contribution in [-0.2, 0) is 25.6 Å². The van der Waals surface area contributed by atoms with Gasteiger partial charge in [-0.05, 0) is 37.5 Å². The van der Waals surface area contributed by atoms with Gasteiger partial charge in [0.2, 0.25) is 17.7 Å². The van der Waals surface area contributed by atoms with E-state index < -0.39 is 47.9 Å². The molecule has 1 aromatic carbocycles. The average Bonchev–Trinajstić information content (AvgIpc) is 2.80. The van der Waals surface area contributed by atoms with Gasteiger partial charge < -0.3 is 43.4 Å². The number of nitrogens with zero attached hydrogens (tertiary/aromatic N) is 1. The molecule has 13 nitrogen and oxygen atoms in total. The standard InChI is InChI=1S/C21H33N7O6S/c1-11(20(33)34)26-19(32)16(9-12-4-6-13(29)7-5-12)28-18(31)15(3-2-8-25-21(23)24)27-17(30)14(22)10-35/h4-7,11,14-16,29,35H,2-3,8-10,22H2,1H3,(H,26,32)(H,27,30)(H,28,31)(H,33,34)(H4,23,24,25). The molecule has 1 rings (SSSR count). The smallest absolute Gasteiger partial charge is 0.325 e. The largest absolute Gasteiger partial charge is 0.508 e. The number of hydrogen-bond donors (Lipinski definition) is 9. The molecule has 35 heavy (non-hydrogen) atoms. The number of phenolic OH excluding ortho intramolecular Hbond substituents is 1. The van der Waals surface area contributed by atoms with Gasteiger partial charge >= 0.3 is 5.97 Å². The molecule has 0 aromatic heterocycles. The van der Waals surface area contributed by atoms with E-state index in [4.69, 9.17) is 22.3 Å². The topological polar surface area (TPSA) is 235 Å². The number of nitrogens with one attached hydrogen (secondary N) is 3. The lowest BCUT2D eigenvalue weighted by Gasteiger charge is -2.24. The van der Waals surface area contributed by atoms with Crippen LogP contribution in [0.25, 0.3) is 0 Å². The van der Waals surface area contributed by atoms with Crippen LogP contribution < -0.4 is 33.2 Å². The van der Waals surface area contributed by atoms with Crippen molar-refractivity contribution in [2.45, 2.75) is 50.4 Å². The number of aliphatic imine (C=N–C) groups is 1. The molecule has 0 bridgehead atoms. The van der Waals surface area contributed by atoms with Gasteiger partial charge in [-0.15, -0.1) is 0 Å². The maximum absolute atomic E-state index is 13.1. The molecule has 4 unspecified atom stereocenters. The van der Waals surface area contributed by atoms with Crippen LogP contribution in [0.5, 0.6) is 5.75 Å². The van der Waals surface area contributed by atoms with Crippen molar-refractivity contribution in [1.82, 2.24) is 16.0 Å². The zero-order valence-corrected chi connectivity index (χ0v) is 20.2. The van der Waals surface area contributed by atoms with Gasteiger partial charge in [-0.3, -0.25) is 24.2 Å². The number of aromatic hydroxyl groups is 1. The molecular formula is C21H33N7O6S. The third kappa shape index (κ3) is 11.0. The van der Waals surface area contributed by atoms with E-state index in [1.807, 2.05) is 0 Å². The SMILES string of the molecule is CC(NC(=O)C(Cc1ccc(O)cc1)NC(=O)C(CCCN=C(N)N)NC(=O)C(N)CS)C(=O)O. The lowest BCUT2D eigenvalue weighted by Crippen LogP contribution is -2.57. The van der Waals surface area contributed by atoms with Crippen molar-refractivity contribution in [1.29, 1.82) is 0 Å². The highest BCUT2D eigenvalue weighted by atomic mass is 32.1. The Morgan fingerprint density at radius 2 is 1.57 bits per heavy atom.